The Bertz CT molecular complexity index is 567. The molecule has 1 aliphatic carbocycles. The van der Waals surface area contributed by atoms with Crippen LogP contribution in [-0.2, 0) is 0 Å². The van der Waals surface area contributed by atoms with E-state index < -0.39 is 0 Å². The van der Waals surface area contributed by atoms with Crippen LogP contribution in [0.5, 0.6) is 6.01 Å². The molecule has 1 N–H and O–H groups in total. The van der Waals surface area contributed by atoms with Gasteiger partial charge in [-0.3, -0.25) is 0 Å². The van der Waals surface area contributed by atoms with Gasteiger partial charge in [0.15, 0.2) is 0 Å². The van der Waals surface area contributed by atoms with Gasteiger partial charge in [0.25, 0.3) is 5.95 Å². The number of hydrogen-bond donors (Lipinski definition) is 1. The van der Waals surface area contributed by atoms with Gasteiger partial charge < -0.3 is 10.1 Å². The Morgan fingerprint density at radius 2 is 2.24 bits per heavy atom. The molecule has 1 fully saturated rings. The van der Waals surface area contributed by atoms with E-state index >= 15 is 0 Å². The van der Waals surface area contributed by atoms with E-state index in [1.165, 1.54) is 19.3 Å². The van der Waals surface area contributed by atoms with Gasteiger partial charge in [0.1, 0.15) is 0 Å². The molecule has 0 aliphatic heterocycles. The summed E-state index contributed by atoms with van der Waals surface area (Å²) in [6.07, 6.45) is 8.55. The lowest BCUT2D eigenvalue weighted by molar-refractivity contribution is 0.211. The summed E-state index contributed by atoms with van der Waals surface area (Å²) in [5.74, 6) is 1.78. The van der Waals surface area contributed by atoms with Crippen molar-refractivity contribution in [1.29, 1.82) is 0 Å². The molecule has 7 nitrogen and oxygen atoms in total. The van der Waals surface area contributed by atoms with Crippen LogP contribution in [0.4, 0.5) is 5.95 Å². The zero-order valence-corrected chi connectivity index (χ0v) is 12.2. The van der Waals surface area contributed by atoms with Gasteiger partial charge in [-0.1, -0.05) is 19.3 Å². The highest BCUT2D eigenvalue weighted by atomic mass is 16.5. The van der Waals surface area contributed by atoms with Crippen molar-refractivity contribution in [2.24, 2.45) is 5.92 Å². The summed E-state index contributed by atoms with van der Waals surface area (Å²) in [6, 6.07) is 2.18. The van der Waals surface area contributed by atoms with Gasteiger partial charge in [-0.15, -0.1) is 0 Å². The van der Waals surface area contributed by atoms with Crippen molar-refractivity contribution in [1.82, 2.24) is 24.7 Å². The van der Waals surface area contributed by atoms with E-state index in [4.69, 9.17) is 4.74 Å². The van der Waals surface area contributed by atoms with E-state index in [0.717, 1.165) is 18.9 Å². The van der Waals surface area contributed by atoms with Crippen LogP contribution in [0.25, 0.3) is 5.95 Å². The fraction of sp³-hybridized carbons (Fsp3) is 0.571. The Balaban J connectivity index is 1.71. The lowest BCUT2D eigenvalue weighted by atomic mass is 9.83. The Labute approximate surface area is 123 Å². The normalized spacial score (nSPS) is 14.7. The molecule has 1 aliphatic rings. The molecular formula is C14H20N6O. The molecule has 1 saturated carbocycles. The summed E-state index contributed by atoms with van der Waals surface area (Å²) in [4.78, 5) is 12.9. The van der Waals surface area contributed by atoms with Crippen LogP contribution in [0.15, 0.2) is 18.5 Å². The first-order chi connectivity index (χ1) is 10.3. The third-order valence-electron chi connectivity index (χ3n) is 3.63. The van der Waals surface area contributed by atoms with Crippen molar-refractivity contribution >= 4 is 5.95 Å². The van der Waals surface area contributed by atoms with Crippen molar-refractivity contribution in [3.8, 4) is 12.0 Å². The first kappa shape index (κ1) is 13.8. The van der Waals surface area contributed by atoms with Gasteiger partial charge in [-0.2, -0.15) is 20.1 Å². The van der Waals surface area contributed by atoms with E-state index in [1.807, 2.05) is 13.0 Å². The molecule has 0 amide bonds. The molecule has 0 unspecified atom stereocenters. The molecular weight excluding hydrogens is 268 g/mol. The number of nitrogens with zero attached hydrogens (tertiary/aromatic N) is 5. The number of anilines is 1. The van der Waals surface area contributed by atoms with Gasteiger partial charge >= 0.3 is 6.01 Å². The van der Waals surface area contributed by atoms with Crippen LogP contribution in [0.2, 0.25) is 0 Å². The van der Waals surface area contributed by atoms with Gasteiger partial charge in [0, 0.05) is 18.9 Å². The minimum Gasteiger partial charge on any atom is -0.463 e. The van der Waals surface area contributed by atoms with Crippen LogP contribution < -0.4 is 10.1 Å². The first-order valence-electron chi connectivity index (χ1n) is 7.48. The van der Waals surface area contributed by atoms with Crippen LogP contribution in [0, 0.1) is 5.92 Å². The Morgan fingerprint density at radius 1 is 1.33 bits per heavy atom. The molecule has 0 radical (unpaired) electrons. The molecule has 3 rings (SSSR count). The van der Waals surface area contributed by atoms with E-state index in [-0.39, 0.29) is 0 Å². The molecule has 0 aromatic carbocycles. The summed E-state index contributed by atoms with van der Waals surface area (Å²) in [7, 11) is 0. The maximum absolute atomic E-state index is 5.69. The molecule has 2 aromatic heterocycles. The van der Waals surface area contributed by atoms with Crippen LogP contribution in [0.3, 0.4) is 0 Å². The van der Waals surface area contributed by atoms with Gasteiger partial charge in [-0.25, -0.2) is 4.68 Å². The summed E-state index contributed by atoms with van der Waals surface area (Å²) in [5.41, 5.74) is 0. The Morgan fingerprint density at radius 3 is 2.90 bits per heavy atom. The lowest BCUT2D eigenvalue weighted by Crippen LogP contribution is -2.16. The topological polar surface area (TPSA) is 77.8 Å². The molecule has 112 valence electrons. The number of rotatable bonds is 7. The number of aromatic nitrogens is 5. The molecule has 2 heterocycles. The fourth-order valence-electron chi connectivity index (χ4n) is 2.24. The highest BCUT2D eigenvalue weighted by Crippen LogP contribution is 2.29. The fourth-order valence-corrected chi connectivity index (χ4v) is 2.24. The largest absolute Gasteiger partial charge is 0.463 e. The van der Waals surface area contributed by atoms with Crippen molar-refractivity contribution in [3.05, 3.63) is 18.5 Å². The first-order valence-corrected chi connectivity index (χ1v) is 7.48. The quantitative estimate of drug-likeness (QED) is 0.840. The zero-order chi connectivity index (χ0) is 14.5. The van der Waals surface area contributed by atoms with E-state index in [0.29, 0.717) is 24.5 Å². The second-order valence-electron chi connectivity index (χ2n) is 5.16. The smallest absolute Gasteiger partial charge is 0.323 e. The SMILES string of the molecule is CCNc1nc(OCCC2CCC2)nc(-n2cccn2)n1. The van der Waals surface area contributed by atoms with Crippen molar-refractivity contribution in [2.75, 3.05) is 18.5 Å². The average Bonchev–Trinajstić information content (AvgIpc) is 2.96. The van der Waals surface area contributed by atoms with Crippen LogP contribution in [-0.4, -0.2) is 37.9 Å². The standard InChI is InChI=1S/C14H20N6O/c1-2-15-12-17-13(20-9-4-8-16-20)19-14(18-12)21-10-7-11-5-3-6-11/h4,8-9,11H,2-3,5-7,10H2,1H3,(H,15,17,18,19). The summed E-state index contributed by atoms with van der Waals surface area (Å²) >= 11 is 0. The monoisotopic (exact) mass is 288 g/mol. The van der Waals surface area contributed by atoms with E-state index in [1.54, 1.807) is 17.1 Å². The maximum Gasteiger partial charge on any atom is 0.323 e. The zero-order valence-electron chi connectivity index (χ0n) is 12.2. The number of hydrogen-bond acceptors (Lipinski definition) is 6. The molecule has 0 bridgehead atoms. The highest BCUT2D eigenvalue weighted by molar-refractivity contribution is 5.29. The van der Waals surface area contributed by atoms with Gasteiger partial charge in [0.2, 0.25) is 5.95 Å². The minimum absolute atomic E-state index is 0.353. The summed E-state index contributed by atoms with van der Waals surface area (Å²) in [6.45, 7) is 3.39. The average molecular weight is 288 g/mol. The lowest BCUT2D eigenvalue weighted by Gasteiger charge is -2.24. The van der Waals surface area contributed by atoms with E-state index in [9.17, 15) is 0 Å². The molecule has 0 atom stereocenters. The third kappa shape index (κ3) is 3.48. The predicted octanol–water partition coefficient (Wildman–Crippen LogP) is 2.06. The van der Waals surface area contributed by atoms with Crippen LogP contribution in [0.1, 0.15) is 32.6 Å². The highest BCUT2D eigenvalue weighted by Gasteiger charge is 2.17. The molecule has 2 aromatic rings. The van der Waals surface area contributed by atoms with Gasteiger partial charge in [-0.05, 0) is 25.3 Å². The van der Waals surface area contributed by atoms with Crippen molar-refractivity contribution < 1.29 is 4.74 Å². The minimum atomic E-state index is 0.353. The third-order valence-corrected chi connectivity index (χ3v) is 3.63. The maximum atomic E-state index is 5.69. The van der Waals surface area contributed by atoms with Crippen molar-refractivity contribution in [3.63, 3.8) is 0 Å². The molecule has 21 heavy (non-hydrogen) atoms. The summed E-state index contributed by atoms with van der Waals surface area (Å²) in [5, 5.41) is 7.23. The Hall–Kier alpha value is -2.18. The second-order valence-corrected chi connectivity index (χ2v) is 5.16. The molecule has 0 saturated heterocycles. The Kier molecular flexibility index (Phi) is 4.28. The second kappa shape index (κ2) is 6.51. The van der Waals surface area contributed by atoms with Crippen molar-refractivity contribution in [2.45, 2.75) is 32.6 Å². The van der Waals surface area contributed by atoms with E-state index in [2.05, 4.69) is 25.4 Å². The molecule has 0 spiro atoms. The molecule has 7 heteroatoms. The summed E-state index contributed by atoms with van der Waals surface area (Å²) < 4.78 is 7.29. The number of ether oxygens (including phenoxy) is 1. The number of nitrogens with one attached hydrogen (secondary N) is 1. The van der Waals surface area contributed by atoms with Gasteiger partial charge in [0.05, 0.1) is 6.61 Å². The van der Waals surface area contributed by atoms with Crippen LogP contribution >= 0.6 is 0 Å². The predicted molar refractivity (Wildman–Crippen MR) is 78.6 cm³/mol.